The molecule has 0 bridgehead atoms. The van der Waals surface area contributed by atoms with E-state index in [9.17, 15) is 5.11 Å². The Bertz CT molecular complexity index is 374. The third kappa shape index (κ3) is 3.98. The summed E-state index contributed by atoms with van der Waals surface area (Å²) >= 11 is 6.18. The summed E-state index contributed by atoms with van der Waals surface area (Å²) in [4.78, 5) is 0. The minimum Gasteiger partial charge on any atom is -0.388 e. The topological polar surface area (TPSA) is 29.5 Å². The lowest BCUT2D eigenvalue weighted by Crippen LogP contribution is -2.23. The Morgan fingerprint density at radius 1 is 1.41 bits per heavy atom. The van der Waals surface area contributed by atoms with Gasteiger partial charge in [-0.3, -0.25) is 0 Å². The molecule has 1 rings (SSSR count). The number of aliphatic hydroxyl groups excluding tert-OH is 1. The van der Waals surface area contributed by atoms with E-state index in [4.69, 9.17) is 16.3 Å². The Kier molecular flexibility index (Phi) is 4.99. The summed E-state index contributed by atoms with van der Waals surface area (Å²) in [6, 6.07) is 5.73. The van der Waals surface area contributed by atoms with Gasteiger partial charge in [-0.15, -0.1) is 0 Å². The van der Waals surface area contributed by atoms with E-state index in [0.29, 0.717) is 11.4 Å². The van der Waals surface area contributed by atoms with Crippen LogP contribution in [0.1, 0.15) is 43.9 Å². The molecule has 0 fully saturated rings. The molecule has 0 saturated heterocycles. The molecule has 0 aromatic heterocycles. The average Bonchev–Trinajstić information content (AvgIpc) is 2.30. The van der Waals surface area contributed by atoms with Crippen LogP contribution in [0.5, 0.6) is 0 Å². The van der Waals surface area contributed by atoms with Gasteiger partial charge in [-0.05, 0) is 44.7 Å². The predicted octanol–water partition coefficient (Wildman–Crippen LogP) is 3.89. The molecule has 0 aliphatic carbocycles. The first-order valence-electron chi connectivity index (χ1n) is 5.85. The van der Waals surface area contributed by atoms with E-state index in [1.54, 1.807) is 7.11 Å². The van der Waals surface area contributed by atoms with Crippen LogP contribution in [0.3, 0.4) is 0 Å². The Morgan fingerprint density at radius 3 is 2.65 bits per heavy atom. The number of rotatable bonds is 5. The van der Waals surface area contributed by atoms with Crippen molar-refractivity contribution in [1.82, 2.24) is 0 Å². The maximum absolute atomic E-state index is 10.1. The first-order chi connectivity index (χ1) is 7.87. The lowest BCUT2D eigenvalue weighted by atomic mass is 9.96. The monoisotopic (exact) mass is 256 g/mol. The van der Waals surface area contributed by atoms with Gasteiger partial charge in [0.2, 0.25) is 0 Å². The van der Waals surface area contributed by atoms with Crippen molar-refractivity contribution in [2.45, 2.75) is 45.3 Å². The second-order valence-corrected chi connectivity index (χ2v) is 5.37. The second-order valence-electron chi connectivity index (χ2n) is 5.00. The van der Waals surface area contributed by atoms with Crippen LogP contribution in [0.2, 0.25) is 5.02 Å². The van der Waals surface area contributed by atoms with Gasteiger partial charge < -0.3 is 9.84 Å². The summed E-state index contributed by atoms with van der Waals surface area (Å²) in [5.41, 5.74) is 1.59. The van der Waals surface area contributed by atoms with Crippen molar-refractivity contribution in [3.63, 3.8) is 0 Å². The predicted molar refractivity (Wildman–Crippen MR) is 71.5 cm³/mol. The number of halogens is 1. The minimum absolute atomic E-state index is 0.211. The summed E-state index contributed by atoms with van der Waals surface area (Å²) in [5, 5.41) is 10.8. The SMILES string of the molecule is COC(C)(C)CCC(O)c1cccc(C)c1Cl. The van der Waals surface area contributed by atoms with Gasteiger partial charge in [-0.2, -0.15) is 0 Å². The molecule has 1 N–H and O–H groups in total. The maximum Gasteiger partial charge on any atom is 0.0805 e. The molecule has 96 valence electrons. The zero-order valence-electron chi connectivity index (χ0n) is 11.0. The number of methoxy groups -OCH3 is 1. The van der Waals surface area contributed by atoms with Crippen LogP contribution in [0.15, 0.2) is 18.2 Å². The third-order valence-corrected chi connectivity index (χ3v) is 3.67. The number of hydrogen-bond donors (Lipinski definition) is 1. The highest BCUT2D eigenvalue weighted by atomic mass is 35.5. The maximum atomic E-state index is 10.1. The number of hydrogen-bond acceptors (Lipinski definition) is 2. The Balaban J connectivity index is 2.71. The largest absolute Gasteiger partial charge is 0.388 e. The average molecular weight is 257 g/mol. The van der Waals surface area contributed by atoms with E-state index in [1.165, 1.54) is 0 Å². The fourth-order valence-electron chi connectivity index (χ4n) is 1.67. The molecule has 0 saturated carbocycles. The molecule has 0 radical (unpaired) electrons. The van der Waals surface area contributed by atoms with Crippen LogP contribution in [0.4, 0.5) is 0 Å². The Morgan fingerprint density at radius 2 is 2.06 bits per heavy atom. The van der Waals surface area contributed by atoms with Gasteiger partial charge in [0.25, 0.3) is 0 Å². The zero-order valence-corrected chi connectivity index (χ0v) is 11.7. The van der Waals surface area contributed by atoms with E-state index in [-0.39, 0.29) is 5.60 Å². The van der Waals surface area contributed by atoms with Crippen LogP contribution >= 0.6 is 11.6 Å². The summed E-state index contributed by atoms with van der Waals surface area (Å²) in [6.07, 6.45) is 0.899. The van der Waals surface area contributed by atoms with Crippen LogP contribution in [0, 0.1) is 6.92 Å². The molecule has 0 heterocycles. The zero-order chi connectivity index (χ0) is 13.1. The van der Waals surface area contributed by atoms with E-state index in [0.717, 1.165) is 17.5 Å². The van der Waals surface area contributed by atoms with Crippen molar-refractivity contribution >= 4 is 11.6 Å². The van der Waals surface area contributed by atoms with E-state index < -0.39 is 6.10 Å². The van der Waals surface area contributed by atoms with Gasteiger partial charge in [0.15, 0.2) is 0 Å². The van der Waals surface area contributed by atoms with E-state index >= 15 is 0 Å². The fourth-order valence-corrected chi connectivity index (χ4v) is 1.92. The highest BCUT2D eigenvalue weighted by Crippen LogP contribution is 2.30. The molecule has 1 aromatic rings. The molecule has 2 nitrogen and oxygen atoms in total. The number of aliphatic hydroxyl groups is 1. The molecule has 0 aliphatic heterocycles. The molecular formula is C14H21ClO2. The van der Waals surface area contributed by atoms with Crippen molar-refractivity contribution in [2.24, 2.45) is 0 Å². The number of ether oxygens (including phenoxy) is 1. The lowest BCUT2D eigenvalue weighted by Gasteiger charge is -2.24. The standard InChI is InChI=1S/C14H21ClO2/c1-10-6-5-7-11(13(10)15)12(16)8-9-14(2,3)17-4/h5-7,12,16H,8-9H2,1-4H3. The molecule has 0 amide bonds. The van der Waals surface area contributed by atoms with Crippen molar-refractivity contribution in [3.05, 3.63) is 34.3 Å². The van der Waals surface area contributed by atoms with Crippen LogP contribution < -0.4 is 0 Å². The Labute approximate surface area is 109 Å². The first kappa shape index (κ1) is 14.5. The minimum atomic E-state index is -0.531. The van der Waals surface area contributed by atoms with Gasteiger partial charge in [-0.25, -0.2) is 0 Å². The van der Waals surface area contributed by atoms with Gasteiger partial charge in [0.1, 0.15) is 0 Å². The third-order valence-electron chi connectivity index (χ3n) is 3.15. The van der Waals surface area contributed by atoms with Crippen LogP contribution in [-0.2, 0) is 4.74 Å². The molecule has 0 aliphatic rings. The molecule has 1 atom stereocenters. The number of aryl methyl sites for hydroxylation is 1. The number of benzene rings is 1. The normalized spacial score (nSPS) is 13.8. The molecular weight excluding hydrogens is 236 g/mol. The van der Waals surface area contributed by atoms with Crippen molar-refractivity contribution in [1.29, 1.82) is 0 Å². The Hall–Kier alpha value is -0.570. The molecule has 3 heteroatoms. The fraction of sp³-hybridized carbons (Fsp3) is 0.571. The van der Waals surface area contributed by atoms with E-state index in [2.05, 4.69) is 0 Å². The van der Waals surface area contributed by atoms with Gasteiger partial charge >= 0.3 is 0 Å². The molecule has 0 spiro atoms. The van der Waals surface area contributed by atoms with Crippen molar-refractivity contribution in [3.8, 4) is 0 Å². The molecule has 1 aromatic carbocycles. The molecule has 1 unspecified atom stereocenters. The summed E-state index contributed by atoms with van der Waals surface area (Å²) in [7, 11) is 1.69. The van der Waals surface area contributed by atoms with Crippen LogP contribution in [-0.4, -0.2) is 17.8 Å². The lowest BCUT2D eigenvalue weighted by molar-refractivity contribution is 0.00279. The first-order valence-corrected chi connectivity index (χ1v) is 6.23. The highest BCUT2D eigenvalue weighted by Gasteiger charge is 2.20. The van der Waals surface area contributed by atoms with Crippen LogP contribution in [0.25, 0.3) is 0 Å². The summed E-state index contributed by atoms with van der Waals surface area (Å²) < 4.78 is 5.33. The molecule has 17 heavy (non-hydrogen) atoms. The quantitative estimate of drug-likeness (QED) is 0.866. The van der Waals surface area contributed by atoms with Crippen molar-refractivity contribution in [2.75, 3.05) is 7.11 Å². The smallest absolute Gasteiger partial charge is 0.0805 e. The van der Waals surface area contributed by atoms with Gasteiger partial charge in [0, 0.05) is 12.1 Å². The summed E-state index contributed by atoms with van der Waals surface area (Å²) in [6.45, 7) is 5.97. The second kappa shape index (κ2) is 5.85. The van der Waals surface area contributed by atoms with Gasteiger partial charge in [-0.1, -0.05) is 29.8 Å². The van der Waals surface area contributed by atoms with Gasteiger partial charge in [0.05, 0.1) is 11.7 Å². The summed E-state index contributed by atoms with van der Waals surface area (Å²) in [5.74, 6) is 0. The van der Waals surface area contributed by atoms with E-state index in [1.807, 2.05) is 39.0 Å². The highest BCUT2D eigenvalue weighted by molar-refractivity contribution is 6.32. The van der Waals surface area contributed by atoms with Crippen molar-refractivity contribution < 1.29 is 9.84 Å².